The van der Waals surface area contributed by atoms with Gasteiger partial charge in [0.1, 0.15) is 5.78 Å². The molecule has 0 unspecified atom stereocenters. The third kappa shape index (κ3) is 3.33. The fourth-order valence-electron chi connectivity index (χ4n) is 2.23. The van der Waals surface area contributed by atoms with E-state index in [-0.39, 0.29) is 23.6 Å². The number of ether oxygens (including phenoxy) is 1. The number of hydrogen-bond acceptors (Lipinski definition) is 3. The van der Waals surface area contributed by atoms with Crippen molar-refractivity contribution in [3.05, 3.63) is 0 Å². The van der Waals surface area contributed by atoms with Gasteiger partial charge in [-0.2, -0.15) is 0 Å². The Morgan fingerprint density at radius 1 is 1.13 bits per heavy atom. The number of carbonyl (C=O) groups is 2. The van der Waals surface area contributed by atoms with Gasteiger partial charge in [-0.25, -0.2) is 0 Å². The minimum atomic E-state index is -0.289. The third-order valence-corrected chi connectivity index (χ3v) is 3.41. The number of carbonyl (C=O) groups excluding carboxylic acids is 2. The van der Waals surface area contributed by atoms with Crippen LogP contribution in [0.5, 0.6) is 0 Å². The van der Waals surface area contributed by atoms with Crippen LogP contribution in [0.25, 0.3) is 0 Å². The summed E-state index contributed by atoms with van der Waals surface area (Å²) in [6.07, 6.45) is 6.04. The number of methoxy groups -OCH3 is 1. The summed E-state index contributed by atoms with van der Waals surface area (Å²) >= 11 is 0. The van der Waals surface area contributed by atoms with Crippen LogP contribution in [-0.2, 0) is 14.3 Å². The third-order valence-electron chi connectivity index (χ3n) is 3.41. The predicted octanol–water partition coefficient (Wildman–Crippen LogP) is 2.48. The van der Waals surface area contributed by atoms with E-state index < -0.39 is 0 Å². The molecule has 0 heterocycles. The van der Waals surface area contributed by atoms with Gasteiger partial charge in [0, 0.05) is 11.8 Å². The Labute approximate surface area is 91.2 Å². The summed E-state index contributed by atoms with van der Waals surface area (Å²) < 4.78 is 4.53. The smallest absolute Gasteiger partial charge is 0.305 e. The van der Waals surface area contributed by atoms with Crippen molar-refractivity contribution in [2.75, 3.05) is 7.11 Å². The first kappa shape index (κ1) is 12.2. The molecule has 0 atom stereocenters. The fraction of sp³-hybridized carbons (Fsp3) is 0.833. The molecule has 0 radical (unpaired) electrons. The SMILES string of the molecule is COC(=O)CCC(=O)C1(C)CCCCC1. The van der Waals surface area contributed by atoms with Crippen LogP contribution in [0.3, 0.4) is 0 Å². The van der Waals surface area contributed by atoms with E-state index in [2.05, 4.69) is 4.74 Å². The summed E-state index contributed by atoms with van der Waals surface area (Å²) in [6, 6.07) is 0. The lowest BCUT2D eigenvalue weighted by atomic mass is 9.72. The predicted molar refractivity (Wildman–Crippen MR) is 57.4 cm³/mol. The van der Waals surface area contributed by atoms with E-state index in [4.69, 9.17) is 0 Å². The van der Waals surface area contributed by atoms with Crippen molar-refractivity contribution in [2.24, 2.45) is 5.41 Å². The van der Waals surface area contributed by atoms with Gasteiger partial charge in [0.15, 0.2) is 0 Å². The minimum absolute atomic E-state index is 0.174. The second kappa shape index (κ2) is 5.29. The van der Waals surface area contributed by atoms with Crippen LogP contribution in [0, 0.1) is 5.41 Å². The van der Waals surface area contributed by atoms with E-state index in [1.807, 2.05) is 6.92 Å². The zero-order valence-corrected chi connectivity index (χ0v) is 9.67. The van der Waals surface area contributed by atoms with Crippen molar-refractivity contribution in [3.63, 3.8) is 0 Å². The Bertz CT molecular complexity index is 239. The average Bonchev–Trinajstić information content (AvgIpc) is 2.26. The first-order valence-corrected chi connectivity index (χ1v) is 5.68. The van der Waals surface area contributed by atoms with E-state index in [0.717, 1.165) is 25.7 Å². The highest BCUT2D eigenvalue weighted by Gasteiger charge is 2.33. The molecule has 1 saturated carbocycles. The van der Waals surface area contributed by atoms with E-state index >= 15 is 0 Å². The maximum Gasteiger partial charge on any atom is 0.305 e. The molecule has 86 valence electrons. The Morgan fingerprint density at radius 3 is 2.27 bits per heavy atom. The first-order chi connectivity index (χ1) is 7.08. The zero-order valence-electron chi connectivity index (χ0n) is 9.67. The van der Waals surface area contributed by atoms with Crippen molar-refractivity contribution in [3.8, 4) is 0 Å². The Balaban J connectivity index is 2.41. The number of hydrogen-bond donors (Lipinski definition) is 0. The molecule has 0 aromatic carbocycles. The van der Waals surface area contributed by atoms with Crippen molar-refractivity contribution in [2.45, 2.75) is 51.9 Å². The van der Waals surface area contributed by atoms with Gasteiger partial charge in [0.2, 0.25) is 0 Å². The molecular formula is C12H20O3. The number of ketones is 1. The molecule has 1 aliphatic carbocycles. The fourth-order valence-corrected chi connectivity index (χ4v) is 2.23. The summed E-state index contributed by atoms with van der Waals surface area (Å²) in [4.78, 5) is 22.9. The minimum Gasteiger partial charge on any atom is -0.469 e. The van der Waals surface area contributed by atoms with Crippen LogP contribution in [-0.4, -0.2) is 18.9 Å². The normalized spacial score (nSPS) is 19.6. The maximum absolute atomic E-state index is 11.9. The monoisotopic (exact) mass is 212 g/mol. The van der Waals surface area contributed by atoms with Crippen LogP contribution in [0.4, 0.5) is 0 Å². The van der Waals surface area contributed by atoms with Crippen LogP contribution in [0.2, 0.25) is 0 Å². The van der Waals surface area contributed by atoms with Crippen LogP contribution >= 0.6 is 0 Å². The van der Waals surface area contributed by atoms with Crippen molar-refractivity contribution in [1.29, 1.82) is 0 Å². The second-order valence-electron chi connectivity index (χ2n) is 4.62. The standard InChI is InChI=1S/C12H20O3/c1-12(8-4-3-5-9-12)10(13)6-7-11(14)15-2/h3-9H2,1-2H3. The van der Waals surface area contributed by atoms with E-state index in [9.17, 15) is 9.59 Å². The van der Waals surface area contributed by atoms with E-state index in [1.54, 1.807) is 0 Å². The zero-order chi connectivity index (χ0) is 11.3. The van der Waals surface area contributed by atoms with Gasteiger partial charge in [-0.15, -0.1) is 0 Å². The Morgan fingerprint density at radius 2 is 1.73 bits per heavy atom. The molecule has 1 rings (SSSR count). The molecular weight excluding hydrogens is 192 g/mol. The lowest BCUT2D eigenvalue weighted by molar-refractivity contribution is -0.143. The van der Waals surface area contributed by atoms with Crippen molar-refractivity contribution >= 4 is 11.8 Å². The molecule has 1 aliphatic rings. The Hall–Kier alpha value is -0.860. The van der Waals surface area contributed by atoms with Crippen LogP contribution < -0.4 is 0 Å². The molecule has 0 saturated heterocycles. The van der Waals surface area contributed by atoms with Gasteiger partial charge in [-0.1, -0.05) is 26.2 Å². The maximum atomic E-state index is 11.9. The summed E-state index contributed by atoms with van der Waals surface area (Å²) in [6.45, 7) is 2.03. The molecule has 0 aromatic rings. The largest absolute Gasteiger partial charge is 0.469 e. The number of rotatable bonds is 4. The molecule has 1 fully saturated rings. The molecule has 0 bridgehead atoms. The van der Waals surface area contributed by atoms with Gasteiger partial charge in [0.05, 0.1) is 13.5 Å². The summed E-state index contributed by atoms with van der Waals surface area (Å²) in [5.41, 5.74) is -0.174. The van der Waals surface area contributed by atoms with Crippen molar-refractivity contribution < 1.29 is 14.3 Å². The second-order valence-corrected chi connectivity index (χ2v) is 4.62. The molecule has 0 spiro atoms. The summed E-state index contributed by atoms with van der Waals surface area (Å²) in [7, 11) is 1.36. The molecule has 0 aromatic heterocycles. The highest BCUT2D eigenvalue weighted by Crippen LogP contribution is 2.37. The molecule has 0 aliphatic heterocycles. The number of Topliss-reactive ketones (excluding diaryl/α,β-unsaturated/α-hetero) is 1. The summed E-state index contributed by atoms with van der Waals surface area (Å²) in [5, 5.41) is 0. The van der Waals surface area contributed by atoms with Gasteiger partial charge in [-0.05, 0) is 12.8 Å². The van der Waals surface area contributed by atoms with Gasteiger partial charge in [-0.3, -0.25) is 9.59 Å². The topological polar surface area (TPSA) is 43.4 Å². The quantitative estimate of drug-likeness (QED) is 0.672. The molecule has 3 nitrogen and oxygen atoms in total. The van der Waals surface area contributed by atoms with Gasteiger partial charge >= 0.3 is 5.97 Å². The first-order valence-electron chi connectivity index (χ1n) is 5.68. The molecule has 15 heavy (non-hydrogen) atoms. The summed E-state index contributed by atoms with van der Waals surface area (Å²) in [5.74, 6) is -0.0599. The highest BCUT2D eigenvalue weighted by molar-refractivity contribution is 5.87. The molecule has 3 heteroatoms. The van der Waals surface area contributed by atoms with Crippen LogP contribution in [0.1, 0.15) is 51.9 Å². The number of esters is 1. The van der Waals surface area contributed by atoms with E-state index in [0.29, 0.717) is 6.42 Å². The molecule has 0 amide bonds. The highest BCUT2D eigenvalue weighted by atomic mass is 16.5. The van der Waals surface area contributed by atoms with Gasteiger partial charge < -0.3 is 4.74 Å². The lowest BCUT2D eigenvalue weighted by Crippen LogP contribution is -2.30. The van der Waals surface area contributed by atoms with Crippen LogP contribution in [0.15, 0.2) is 0 Å². The van der Waals surface area contributed by atoms with Crippen molar-refractivity contribution in [1.82, 2.24) is 0 Å². The Kier molecular flexibility index (Phi) is 4.30. The molecule has 0 N–H and O–H groups in total. The average molecular weight is 212 g/mol. The van der Waals surface area contributed by atoms with Gasteiger partial charge in [0.25, 0.3) is 0 Å². The van der Waals surface area contributed by atoms with E-state index in [1.165, 1.54) is 13.5 Å². The lowest BCUT2D eigenvalue weighted by Gasteiger charge is -2.31.